The molecule has 2 aromatic rings. The van der Waals surface area contributed by atoms with Crippen LogP contribution in [-0.2, 0) is 4.79 Å². The minimum atomic E-state index is -0.350. The molecule has 0 saturated carbocycles. The maximum atomic E-state index is 10.9. The third-order valence-electron chi connectivity index (χ3n) is 4.16. The van der Waals surface area contributed by atoms with Crippen LogP contribution in [0.4, 0.5) is 0 Å². The topological polar surface area (TPSA) is 77.0 Å². The van der Waals surface area contributed by atoms with Crippen LogP contribution in [0.25, 0.3) is 12.2 Å². The predicted octanol–water partition coefficient (Wildman–Crippen LogP) is 4.32. The van der Waals surface area contributed by atoms with E-state index in [0.717, 1.165) is 47.6 Å². The second-order valence-corrected chi connectivity index (χ2v) is 6.24. The first-order valence-corrected chi connectivity index (χ1v) is 9.21. The number of carbonyl (C=O) groups excluding carboxylic acids is 1. The number of methoxy groups -OCH3 is 2. The van der Waals surface area contributed by atoms with Gasteiger partial charge in [0.05, 0.1) is 20.8 Å². The SMILES string of the molecule is COc1cc(/C=C/c2ccc(OCCCCCC(=O)NO)cc2)cc(OC)c1. The van der Waals surface area contributed by atoms with E-state index < -0.39 is 0 Å². The zero-order valence-electron chi connectivity index (χ0n) is 16.3. The van der Waals surface area contributed by atoms with Gasteiger partial charge in [0.15, 0.2) is 0 Å². The third-order valence-corrected chi connectivity index (χ3v) is 4.16. The number of hydrogen-bond acceptors (Lipinski definition) is 5. The quantitative estimate of drug-likeness (QED) is 0.261. The largest absolute Gasteiger partial charge is 0.497 e. The number of nitrogens with one attached hydrogen (secondary N) is 1. The zero-order valence-corrected chi connectivity index (χ0v) is 16.3. The van der Waals surface area contributed by atoms with Crippen molar-refractivity contribution in [2.45, 2.75) is 25.7 Å². The van der Waals surface area contributed by atoms with Gasteiger partial charge in [-0.2, -0.15) is 0 Å². The van der Waals surface area contributed by atoms with E-state index in [1.54, 1.807) is 19.7 Å². The Labute approximate surface area is 165 Å². The summed E-state index contributed by atoms with van der Waals surface area (Å²) in [6.07, 6.45) is 6.81. The molecular weight excluding hydrogens is 358 g/mol. The highest BCUT2D eigenvalue weighted by atomic mass is 16.5. The summed E-state index contributed by atoms with van der Waals surface area (Å²) in [6.45, 7) is 0.597. The van der Waals surface area contributed by atoms with Crippen molar-refractivity contribution < 1.29 is 24.2 Å². The number of hydroxylamine groups is 1. The molecule has 2 aromatic carbocycles. The van der Waals surface area contributed by atoms with Crippen molar-refractivity contribution in [3.05, 3.63) is 53.6 Å². The Morgan fingerprint density at radius 3 is 2.14 bits per heavy atom. The van der Waals surface area contributed by atoms with Crippen LogP contribution in [0.2, 0.25) is 0 Å². The van der Waals surface area contributed by atoms with Crippen LogP contribution < -0.4 is 19.7 Å². The van der Waals surface area contributed by atoms with E-state index in [4.69, 9.17) is 19.4 Å². The van der Waals surface area contributed by atoms with Crippen LogP contribution in [0.1, 0.15) is 36.8 Å². The Morgan fingerprint density at radius 1 is 0.893 bits per heavy atom. The van der Waals surface area contributed by atoms with E-state index in [1.165, 1.54) is 0 Å². The Kier molecular flexibility index (Phi) is 8.88. The smallest absolute Gasteiger partial charge is 0.243 e. The fourth-order valence-corrected chi connectivity index (χ4v) is 2.60. The maximum absolute atomic E-state index is 10.9. The van der Waals surface area contributed by atoms with Gasteiger partial charge in [-0.25, -0.2) is 5.48 Å². The van der Waals surface area contributed by atoms with Crippen molar-refractivity contribution in [1.29, 1.82) is 0 Å². The van der Waals surface area contributed by atoms with Gasteiger partial charge in [0, 0.05) is 12.5 Å². The normalized spacial score (nSPS) is 10.7. The average Bonchev–Trinajstić information content (AvgIpc) is 2.74. The molecule has 2 rings (SSSR count). The Morgan fingerprint density at radius 2 is 1.54 bits per heavy atom. The molecule has 0 radical (unpaired) electrons. The fourth-order valence-electron chi connectivity index (χ4n) is 2.60. The van der Waals surface area contributed by atoms with Gasteiger partial charge in [-0.05, 0) is 54.7 Å². The molecule has 0 spiro atoms. The minimum Gasteiger partial charge on any atom is -0.497 e. The lowest BCUT2D eigenvalue weighted by Gasteiger charge is -2.07. The molecule has 28 heavy (non-hydrogen) atoms. The highest BCUT2D eigenvalue weighted by molar-refractivity contribution is 5.74. The molecule has 0 aliphatic carbocycles. The summed E-state index contributed by atoms with van der Waals surface area (Å²) in [7, 11) is 3.26. The summed E-state index contributed by atoms with van der Waals surface area (Å²) in [5, 5.41) is 8.42. The summed E-state index contributed by atoms with van der Waals surface area (Å²) < 4.78 is 16.3. The van der Waals surface area contributed by atoms with Crippen molar-refractivity contribution in [2.75, 3.05) is 20.8 Å². The van der Waals surface area contributed by atoms with Gasteiger partial charge >= 0.3 is 0 Å². The molecule has 1 amide bonds. The molecule has 0 atom stereocenters. The van der Waals surface area contributed by atoms with Crippen molar-refractivity contribution >= 4 is 18.1 Å². The highest BCUT2D eigenvalue weighted by Crippen LogP contribution is 2.24. The standard InChI is InChI=1S/C22H27NO5/c1-26-20-14-18(15-21(16-20)27-2)8-7-17-9-11-19(12-10-17)28-13-5-3-4-6-22(24)23-25/h7-12,14-16,25H,3-6,13H2,1-2H3,(H,23,24)/b8-7+. The van der Waals surface area contributed by atoms with Gasteiger partial charge in [0.2, 0.25) is 5.91 Å². The van der Waals surface area contributed by atoms with Gasteiger partial charge in [-0.1, -0.05) is 24.3 Å². The predicted molar refractivity (Wildman–Crippen MR) is 109 cm³/mol. The molecule has 0 aromatic heterocycles. The van der Waals surface area contributed by atoms with Gasteiger partial charge in [-0.3, -0.25) is 10.0 Å². The molecule has 6 heteroatoms. The number of hydrogen-bond donors (Lipinski definition) is 2. The monoisotopic (exact) mass is 385 g/mol. The first-order valence-electron chi connectivity index (χ1n) is 9.21. The number of rotatable bonds is 11. The number of amides is 1. The van der Waals surface area contributed by atoms with Gasteiger partial charge in [0.1, 0.15) is 17.2 Å². The molecule has 0 bridgehead atoms. The summed E-state index contributed by atoms with van der Waals surface area (Å²) >= 11 is 0. The molecule has 6 nitrogen and oxygen atoms in total. The lowest BCUT2D eigenvalue weighted by Crippen LogP contribution is -2.17. The van der Waals surface area contributed by atoms with Crippen LogP contribution in [0.3, 0.4) is 0 Å². The molecule has 0 fully saturated rings. The number of carbonyl (C=O) groups is 1. The lowest BCUT2D eigenvalue weighted by molar-refractivity contribution is -0.129. The summed E-state index contributed by atoms with van der Waals surface area (Å²) in [5.74, 6) is 1.96. The van der Waals surface area contributed by atoms with Gasteiger partial charge < -0.3 is 14.2 Å². The molecule has 0 aliphatic heterocycles. The highest BCUT2D eigenvalue weighted by Gasteiger charge is 2.01. The Hall–Kier alpha value is -2.99. The molecule has 0 unspecified atom stereocenters. The van der Waals surface area contributed by atoms with E-state index in [0.29, 0.717) is 13.0 Å². The molecule has 150 valence electrons. The first-order chi connectivity index (χ1) is 13.6. The minimum absolute atomic E-state index is 0.330. The van der Waals surface area contributed by atoms with Crippen LogP contribution in [-0.4, -0.2) is 31.9 Å². The number of benzene rings is 2. The maximum Gasteiger partial charge on any atom is 0.243 e. The second-order valence-electron chi connectivity index (χ2n) is 6.24. The molecule has 0 saturated heterocycles. The fraction of sp³-hybridized carbons (Fsp3) is 0.318. The van der Waals surface area contributed by atoms with Crippen LogP contribution in [0.5, 0.6) is 17.2 Å². The molecule has 0 heterocycles. The van der Waals surface area contributed by atoms with Crippen LogP contribution >= 0.6 is 0 Å². The lowest BCUT2D eigenvalue weighted by atomic mass is 10.1. The van der Waals surface area contributed by atoms with E-state index in [9.17, 15) is 4.79 Å². The van der Waals surface area contributed by atoms with Crippen molar-refractivity contribution in [3.8, 4) is 17.2 Å². The van der Waals surface area contributed by atoms with Gasteiger partial charge in [0.25, 0.3) is 0 Å². The summed E-state index contributed by atoms with van der Waals surface area (Å²) in [5.41, 5.74) is 3.68. The number of ether oxygens (including phenoxy) is 3. The van der Waals surface area contributed by atoms with E-state index in [-0.39, 0.29) is 5.91 Å². The second kappa shape index (κ2) is 11.7. The van der Waals surface area contributed by atoms with Crippen LogP contribution in [0.15, 0.2) is 42.5 Å². The van der Waals surface area contributed by atoms with Crippen LogP contribution in [0, 0.1) is 0 Å². The van der Waals surface area contributed by atoms with Gasteiger partial charge in [-0.15, -0.1) is 0 Å². The van der Waals surface area contributed by atoms with Crippen molar-refractivity contribution in [3.63, 3.8) is 0 Å². The summed E-state index contributed by atoms with van der Waals surface area (Å²) in [4.78, 5) is 10.9. The van der Waals surface area contributed by atoms with E-state index in [1.807, 2.05) is 54.6 Å². The Bertz CT molecular complexity index is 749. The molecule has 0 aliphatic rings. The number of unbranched alkanes of at least 4 members (excludes halogenated alkanes) is 2. The molecular formula is C22H27NO5. The van der Waals surface area contributed by atoms with Crippen molar-refractivity contribution in [2.24, 2.45) is 0 Å². The van der Waals surface area contributed by atoms with E-state index in [2.05, 4.69) is 0 Å². The van der Waals surface area contributed by atoms with Crippen molar-refractivity contribution in [1.82, 2.24) is 5.48 Å². The zero-order chi connectivity index (χ0) is 20.2. The van der Waals surface area contributed by atoms with E-state index >= 15 is 0 Å². The third kappa shape index (κ3) is 7.32. The summed E-state index contributed by atoms with van der Waals surface area (Å²) in [6, 6.07) is 13.6. The Balaban J connectivity index is 1.81. The first kappa shape index (κ1) is 21.3. The molecule has 2 N–H and O–H groups in total. The average molecular weight is 385 g/mol.